The Morgan fingerprint density at radius 3 is 3.00 bits per heavy atom. The zero-order valence-electron chi connectivity index (χ0n) is 7.07. The number of rotatable bonds is 1. The van der Waals surface area contributed by atoms with Gasteiger partial charge in [-0.1, -0.05) is 13.8 Å². The molecule has 0 aromatic carbocycles. The van der Waals surface area contributed by atoms with Gasteiger partial charge in [0, 0.05) is 11.6 Å². The van der Waals surface area contributed by atoms with Crippen LogP contribution in [0.4, 0.5) is 0 Å². The topological polar surface area (TPSA) is 54.5 Å². The van der Waals surface area contributed by atoms with Crippen molar-refractivity contribution in [3.05, 3.63) is 18.0 Å². The summed E-state index contributed by atoms with van der Waals surface area (Å²) in [6.07, 6.45) is 3.71. The second kappa shape index (κ2) is 2.55. The summed E-state index contributed by atoms with van der Waals surface area (Å²) in [6, 6.07) is 0. The Kier molecular flexibility index (Phi) is 1.53. The lowest BCUT2D eigenvalue weighted by Gasteiger charge is -1.99. The molecule has 0 aliphatic carbocycles. The highest BCUT2D eigenvalue weighted by atomic mass is 15.3. The molecule has 0 atom stereocenters. The minimum Gasteiger partial charge on any atom is -0.344 e. The summed E-state index contributed by atoms with van der Waals surface area (Å²) in [4.78, 5) is 3.06. The van der Waals surface area contributed by atoms with Gasteiger partial charge < -0.3 is 4.98 Å². The molecule has 0 fully saturated rings. The smallest absolute Gasteiger partial charge is 0.163 e. The van der Waals surface area contributed by atoms with Gasteiger partial charge in [0.05, 0.1) is 6.20 Å². The molecule has 12 heavy (non-hydrogen) atoms. The quantitative estimate of drug-likeness (QED) is 0.690. The normalized spacial score (nSPS) is 11.2. The van der Waals surface area contributed by atoms with Crippen molar-refractivity contribution in [3.8, 4) is 0 Å². The van der Waals surface area contributed by atoms with Crippen LogP contribution in [0.3, 0.4) is 0 Å². The maximum absolute atomic E-state index is 3.87. The largest absolute Gasteiger partial charge is 0.344 e. The molecule has 0 unspecified atom stereocenters. The Balaban J connectivity index is 2.70. The van der Waals surface area contributed by atoms with Crippen molar-refractivity contribution in [1.82, 2.24) is 20.4 Å². The monoisotopic (exact) mass is 162 g/mol. The van der Waals surface area contributed by atoms with E-state index >= 15 is 0 Å². The van der Waals surface area contributed by atoms with Crippen molar-refractivity contribution in [2.45, 2.75) is 19.8 Å². The highest BCUT2D eigenvalue weighted by molar-refractivity contribution is 5.78. The van der Waals surface area contributed by atoms with Crippen molar-refractivity contribution >= 4 is 11.0 Å². The van der Waals surface area contributed by atoms with Gasteiger partial charge in [-0.2, -0.15) is 0 Å². The van der Waals surface area contributed by atoms with Crippen molar-refractivity contribution in [2.75, 3.05) is 0 Å². The summed E-state index contributed by atoms with van der Waals surface area (Å²) in [5.74, 6) is 0.491. The predicted molar refractivity (Wildman–Crippen MR) is 45.8 cm³/mol. The predicted octanol–water partition coefficient (Wildman–Crippen LogP) is 1.48. The molecule has 2 aromatic rings. The van der Waals surface area contributed by atoms with Crippen LogP contribution in [-0.4, -0.2) is 20.4 Å². The maximum Gasteiger partial charge on any atom is 0.163 e. The molecule has 0 saturated carbocycles. The third-order valence-corrected chi connectivity index (χ3v) is 1.94. The van der Waals surface area contributed by atoms with Crippen LogP contribution in [0.5, 0.6) is 0 Å². The Morgan fingerprint density at radius 2 is 2.25 bits per heavy atom. The SMILES string of the molecule is CC(C)c1c[nH]c2nnncc12. The minimum atomic E-state index is 0.491. The van der Waals surface area contributed by atoms with Gasteiger partial charge in [0.25, 0.3) is 0 Å². The Bertz CT molecular complexity index is 391. The lowest BCUT2D eigenvalue weighted by atomic mass is 10.1. The fourth-order valence-corrected chi connectivity index (χ4v) is 1.29. The van der Waals surface area contributed by atoms with Gasteiger partial charge in [0.1, 0.15) is 0 Å². The number of hydrogen-bond acceptors (Lipinski definition) is 3. The summed E-state index contributed by atoms with van der Waals surface area (Å²) in [5.41, 5.74) is 2.06. The summed E-state index contributed by atoms with van der Waals surface area (Å²) >= 11 is 0. The molecule has 62 valence electrons. The first kappa shape index (κ1) is 7.21. The molecule has 2 heterocycles. The average Bonchev–Trinajstić information content (AvgIpc) is 2.47. The van der Waals surface area contributed by atoms with E-state index in [0.717, 1.165) is 11.0 Å². The third-order valence-electron chi connectivity index (χ3n) is 1.94. The van der Waals surface area contributed by atoms with E-state index in [1.807, 2.05) is 6.20 Å². The summed E-state index contributed by atoms with van der Waals surface area (Å²) in [7, 11) is 0. The number of fused-ring (bicyclic) bond motifs is 1. The van der Waals surface area contributed by atoms with E-state index < -0.39 is 0 Å². The molecule has 0 aliphatic rings. The van der Waals surface area contributed by atoms with Gasteiger partial charge in [-0.15, -0.1) is 10.2 Å². The Hall–Kier alpha value is -1.45. The van der Waals surface area contributed by atoms with Crippen LogP contribution >= 0.6 is 0 Å². The van der Waals surface area contributed by atoms with Gasteiger partial charge in [-0.25, -0.2) is 0 Å². The molecule has 4 nitrogen and oxygen atoms in total. The Morgan fingerprint density at radius 1 is 1.42 bits per heavy atom. The number of H-pyrrole nitrogens is 1. The number of aromatic nitrogens is 4. The highest BCUT2D eigenvalue weighted by Gasteiger charge is 2.07. The fourth-order valence-electron chi connectivity index (χ4n) is 1.29. The molecule has 0 spiro atoms. The lowest BCUT2D eigenvalue weighted by molar-refractivity contribution is 0.869. The van der Waals surface area contributed by atoms with E-state index in [0.29, 0.717) is 5.92 Å². The van der Waals surface area contributed by atoms with E-state index in [2.05, 4.69) is 34.2 Å². The zero-order valence-corrected chi connectivity index (χ0v) is 7.07. The van der Waals surface area contributed by atoms with Crippen LogP contribution < -0.4 is 0 Å². The van der Waals surface area contributed by atoms with Crippen molar-refractivity contribution in [3.63, 3.8) is 0 Å². The second-order valence-electron chi connectivity index (χ2n) is 3.10. The van der Waals surface area contributed by atoms with Crippen molar-refractivity contribution < 1.29 is 0 Å². The van der Waals surface area contributed by atoms with Crippen LogP contribution in [0.25, 0.3) is 11.0 Å². The van der Waals surface area contributed by atoms with Crippen LogP contribution in [0.15, 0.2) is 12.4 Å². The molecule has 2 aromatic heterocycles. The van der Waals surface area contributed by atoms with Crippen molar-refractivity contribution in [1.29, 1.82) is 0 Å². The molecule has 0 radical (unpaired) electrons. The molecule has 0 aliphatic heterocycles. The highest BCUT2D eigenvalue weighted by Crippen LogP contribution is 2.21. The average molecular weight is 162 g/mol. The molecular weight excluding hydrogens is 152 g/mol. The standard InChI is InChI=1S/C8H10N4/c1-5(2)6-3-9-8-7(6)4-10-12-11-8/h3-5H,1-2H3,(H,9,10,11). The van der Waals surface area contributed by atoms with Gasteiger partial charge in [-0.05, 0) is 16.7 Å². The first-order valence-electron chi connectivity index (χ1n) is 3.94. The van der Waals surface area contributed by atoms with Crippen LogP contribution in [0.2, 0.25) is 0 Å². The summed E-state index contributed by atoms with van der Waals surface area (Å²) in [5, 5.41) is 12.2. The van der Waals surface area contributed by atoms with Crippen LogP contribution in [0, 0.1) is 0 Å². The van der Waals surface area contributed by atoms with E-state index in [4.69, 9.17) is 0 Å². The van der Waals surface area contributed by atoms with Gasteiger partial charge >= 0.3 is 0 Å². The minimum absolute atomic E-state index is 0.491. The fraction of sp³-hybridized carbons (Fsp3) is 0.375. The zero-order chi connectivity index (χ0) is 8.55. The molecule has 0 saturated heterocycles. The number of hydrogen-bond donors (Lipinski definition) is 1. The maximum atomic E-state index is 3.87. The van der Waals surface area contributed by atoms with E-state index in [9.17, 15) is 0 Å². The first-order valence-corrected chi connectivity index (χ1v) is 3.94. The lowest BCUT2D eigenvalue weighted by Crippen LogP contribution is -1.88. The molecule has 0 bridgehead atoms. The Labute approximate surface area is 70.0 Å². The summed E-state index contributed by atoms with van der Waals surface area (Å²) in [6.45, 7) is 4.28. The molecule has 1 N–H and O–H groups in total. The second-order valence-corrected chi connectivity index (χ2v) is 3.10. The molecule has 4 heteroatoms. The van der Waals surface area contributed by atoms with Crippen molar-refractivity contribution in [2.24, 2.45) is 0 Å². The first-order chi connectivity index (χ1) is 5.79. The van der Waals surface area contributed by atoms with E-state index in [1.165, 1.54) is 5.56 Å². The molecular formula is C8H10N4. The van der Waals surface area contributed by atoms with Crippen LogP contribution in [-0.2, 0) is 0 Å². The third kappa shape index (κ3) is 0.958. The van der Waals surface area contributed by atoms with E-state index in [-0.39, 0.29) is 0 Å². The van der Waals surface area contributed by atoms with E-state index in [1.54, 1.807) is 6.20 Å². The number of aromatic amines is 1. The van der Waals surface area contributed by atoms with Crippen LogP contribution in [0.1, 0.15) is 25.3 Å². The number of nitrogens with zero attached hydrogens (tertiary/aromatic N) is 3. The summed E-state index contributed by atoms with van der Waals surface area (Å²) < 4.78 is 0. The number of nitrogens with one attached hydrogen (secondary N) is 1. The van der Waals surface area contributed by atoms with Gasteiger partial charge in [0.15, 0.2) is 5.65 Å². The molecule has 0 amide bonds. The van der Waals surface area contributed by atoms with Gasteiger partial charge in [-0.3, -0.25) is 0 Å². The molecule has 2 rings (SSSR count). The van der Waals surface area contributed by atoms with Gasteiger partial charge in [0.2, 0.25) is 0 Å².